The molecule has 0 aliphatic rings. The van der Waals surface area contributed by atoms with E-state index in [0.717, 1.165) is 27.8 Å². The summed E-state index contributed by atoms with van der Waals surface area (Å²) in [5.41, 5.74) is 2.87. The van der Waals surface area contributed by atoms with Gasteiger partial charge in [-0.2, -0.15) is 0 Å². The van der Waals surface area contributed by atoms with Gasteiger partial charge in [-0.25, -0.2) is 0 Å². The van der Waals surface area contributed by atoms with Gasteiger partial charge in [-0.3, -0.25) is 9.69 Å². The summed E-state index contributed by atoms with van der Waals surface area (Å²) in [6, 6.07) is 15.6. The summed E-state index contributed by atoms with van der Waals surface area (Å²) in [6.07, 6.45) is 3.53. The molecule has 2 aromatic carbocycles. The third-order valence-corrected chi connectivity index (χ3v) is 4.62. The molecule has 0 fully saturated rings. The van der Waals surface area contributed by atoms with Crippen LogP contribution in [-0.4, -0.2) is 35.4 Å². The summed E-state index contributed by atoms with van der Waals surface area (Å²) in [7, 11) is 1.97. The van der Waals surface area contributed by atoms with E-state index in [2.05, 4.69) is 16.5 Å². The first-order valence-electron chi connectivity index (χ1n) is 8.73. The molecule has 1 atom stereocenters. The molecule has 4 nitrogen and oxygen atoms in total. The van der Waals surface area contributed by atoms with Gasteiger partial charge in [-0.15, -0.1) is 0 Å². The fraction of sp³-hybridized carbons (Fsp3) is 0.227. The molecule has 0 saturated carbocycles. The number of likely N-dealkylation sites (N-methyl/N-ethyl adjacent to an activating group) is 1. The summed E-state index contributed by atoms with van der Waals surface area (Å²) >= 11 is 0. The van der Waals surface area contributed by atoms with Crippen molar-refractivity contribution in [2.75, 3.05) is 13.7 Å². The topological polar surface area (TPSA) is 45.3 Å². The molecule has 0 amide bonds. The molecule has 26 heavy (non-hydrogen) atoms. The van der Waals surface area contributed by atoms with Crippen molar-refractivity contribution < 1.29 is 9.53 Å². The number of aromatic amines is 1. The van der Waals surface area contributed by atoms with Crippen LogP contribution in [0.15, 0.2) is 67.4 Å². The van der Waals surface area contributed by atoms with E-state index in [1.165, 1.54) is 0 Å². The van der Waals surface area contributed by atoms with Crippen LogP contribution >= 0.6 is 0 Å². The molecule has 134 valence electrons. The van der Waals surface area contributed by atoms with Gasteiger partial charge in [0.15, 0.2) is 5.78 Å². The average molecular weight is 348 g/mol. The van der Waals surface area contributed by atoms with Crippen LogP contribution in [-0.2, 0) is 6.54 Å². The Morgan fingerprint density at radius 3 is 2.69 bits per heavy atom. The highest BCUT2D eigenvalue weighted by atomic mass is 16.5. The van der Waals surface area contributed by atoms with Crippen molar-refractivity contribution in [2.24, 2.45) is 0 Å². The highest BCUT2D eigenvalue weighted by Gasteiger charge is 2.22. The molecule has 0 aliphatic carbocycles. The predicted octanol–water partition coefficient (Wildman–Crippen LogP) is 4.44. The maximum atomic E-state index is 12.9. The minimum Gasteiger partial charge on any atom is -0.490 e. The number of nitrogens with zero attached hydrogens (tertiary/aromatic N) is 1. The maximum Gasteiger partial charge on any atom is 0.181 e. The number of nitrogens with one attached hydrogen (secondary N) is 1. The molecule has 0 spiro atoms. The van der Waals surface area contributed by atoms with Gasteiger partial charge < -0.3 is 9.72 Å². The lowest BCUT2D eigenvalue weighted by molar-refractivity contribution is 0.0864. The minimum atomic E-state index is -0.217. The van der Waals surface area contributed by atoms with Crippen LogP contribution in [0.3, 0.4) is 0 Å². The SMILES string of the molecule is C=CCOc1ccc(CN(C)[C@@H](C)C(=O)c2c[nH]c3ccccc23)cc1. The van der Waals surface area contributed by atoms with Crippen molar-refractivity contribution in [2.45, 2.75) is 19.5 Å². The zero-order valence-electron chi connectivity index (χ0n) is 15.2. The number of aromatic nitrogens is 1. The van der Waals surface area contributed by atoms with Gasteiger partial charge in [0.2, 0.25) is 0 Å². The van der Waals surface area contributed by atoms with E-state index < -0.39 is 0 Å². The van der Waals surface area contributed by atoms with Crippen LogP contribution < -0.4 is 4.74 Å². The normalized spacial score (nSPS) is 12.3. The van der Waals surface area contributed by atoms with Gasteiger partial charge in [0, 0.05) is 29.2 Å². The Bertz CT molecular complexity index is 896. The molecule has 0 unspecified atom stereocenters. The van der Waals surface area contributed by atoms with Crippen LogP contribution in [0.4, 0.5) is 0 Å². The van der Waals surface area contributed by atoms with Crippen LogP contribution in [0, 0.1) is 0 Å². The number of ether oxygens (including phenoxy) is 1. The van der Waals surface area contributed by atoms with E-state index in [1.807, 2.05) is 68.7 Å². The summed E-state index contributed by atoms with van der Waals surface area (Å²) in [6.45, 7) is 6.78. The molecule has 3 rings (SSSR count). The first-order valence-corrected chi connectivity index (χ1v) is 8.73. The van der Waals surface area contributed by atoms with Crippen LogP contribution in [0.25, 0.3) is 10.9 Å². The molecule has 0 bridgehead atoms. The van der Waals surface area contributed by atoms with E-state index in [4.69, 9.17) is 4.74 Å². The van der Waals surface area contributed by atoms with Crippen LogP contribution in [0.2, 0.25) is 0 Å². The molecule has 1 heterocycles. The standard InChI is InChI=1S/C22H24N2O2/c1-4-13-26-18-11-9-17(10-12-18)15-24(3)16(2)22(25)20-14-23-21-8-6-5-7-19(20)21/h4-12,14,16,23H,1,13,15H2,2-3H3/t16-/m0/s1. The number of fused-ring (bicyclic) bond motifs is 1. The number of rotatable bonds is 8. The number of ketones is 1. The lowest BCUT2D eigenvalue weighted by atomic mass is 10.0. The molecule has 0 aliphatic heterocycles. The number of carbonyl (C=O) groups excluding carboxylic acids is 1. The van der Waals surface area contributed by atoms with E-state index in [0.29, 0.717) is 13.2 Å². The first kappa shape index (κ1) is 18.0. The Kier molecular flexibility index (Phi) is 5.54. The Morgan fingerprint density at radius 1 is 1.23 bits per heavy atom. The number of hydrogen-bond acceptors (Lipinski definition) is 3. The van der Waals surface area contributed by atoms with E-state index in [1.54, 1.807) is 6.08 Å². The first-order chi connectivity index (χ1) is 12.6. The summed E-state index contributed by atoms with van der Waals surface area (Å²) < 4.78 is 5.50. The Morgan fingerprint density at radius 2 is 1.96 bits per heavy atom. The van der Waals surface area contributed by atoms with E-state index in [9.17, 15) is 4.79 Å². The molecule has 1 aromatic heterocycles. The number of hydrogen-bond donors (Lipinski definition) is 1. The molecular weight excluding hydrogens is 324 g/mol. The summed E-state index contributed by atoms with van der Waals surface area (Å²) in [5, 5.41) is 0.974. The van der Waals surface area contributed by atoms with E-state index >= 15 is 0 Å². The Balaban J connectivity index is 1.68. The molecule has 4 heteroatoms. The monoisotopic (exact) mass is 348 g/mol. The summed E-state index contributed by atoms with van der Waals surface area (Å²) in [5.74, 6) is 0.940. The van der Waals surface area contributed by atoms with Crippen molar-refractivity contribution in [1.82, 2.24) is 9.88 Å². The third kappa shape index (κ3) is 3.86. The minimum absolute atomic E-state index is 0.121. The Labute approximate surface area is 154 Å². The molecule has 0 radical (unpaired) electrons. The van der Waals surface area contributed by atoms with Crippen LogP contribution in [0.1, 0.15) is 22.8 Å². The van der Waals surface area contributed by atoms with E-state index in [-0.39, 0.29) is 11.8 Å². The summed E-state index contributed by atoms with van der Waals surface area (Å²) in [4.78, 5) is 18.2. The second kappa shape index (κ2) is 8.02. The molecule has 0 saturated heterocycles. The largest absolute Gasteiger partial charge is 0.490 e. The predicted molar refractivity (Wildman–Crippen MR) is 106 cm³/mol. The number of para-hydroxylation sites is 1. The zero-order valence-corrected chi connectivity index (χ0v) is 15.2. The molecule has 3 aromatic rings. The van der Waals surface area contributed by atoms with Gasteiger partial charge >= 0.3 is 0 Å². The lowest BCUT2D eigenvalue weighted by Crippen LogP contribution is -2.35. The average Bonchev–Trinajstić information content (AvgIpc) is 3.10. The quantitative estimate of drug-likeness (QED) is 0.484. The van der Waals surface area contributed by atoms with Crippen molar-refractivity contribution in [3.05, 3.63) is 78.5 Å². The lowest BCUT2D eigenvalue weighted by Gasteiger charge is -2.23. The number of carbonyl (C=O) groups is 1. The van der Waals surface area contributed by atoms with Gasteiger partial charge in [0.05, 0.1) is 6.04 Å². The van der Waals surface area contributed by atoms with Crippen molar-refractivity contribution in [3.63, 3.8) is 0 Å². The number of H-pyrrole nitrogens is 1. The highest BCUT2D eigenvalue weighted by molar-refractivity contribution is 6.10. The maximum absolute atomic E-state index is 12.9. The second-order valence-corrected chi connectivity index (χ2v) is 6.45. The Hall–Kier alpha value is -2.85. The third-order valence-electron chi connectivity index (χ3n) is 4.62. The fourth-order valence-corrected chi connectivity index (χ4v) is 2.97. The highest BCUT2D eigenvalue weighted by Crippen LogP contribution is 2.21. The van der Waals surface area contributed by atoms with Crippen molar-refractivity contribution >= 4 is 16.7 Å². The zero-order chi connectivity index (χ0) is 18.5. The van der Waals surface area contributed by atoms with Crippen LogP contribution in [0.5, 0.6) is 5.75 Å². The smallest absolute Gasteiger partial charge is 0.181 e. The molecule has 1 N–H and O–H groups in total. The molecular formula is C22H24N2O2. The fourth-order valence-electron chi connectivity index (χ4n) is 2.97. The number of Topliss-reactive ketones (excluding diaryl/α,β-unsaturated/α-hetero) is 1. The van der Waals surface area contributed by atoms with Crippen molar-refractivity contribution in [3.8, 4) is 5.75 Å². The van der Waals surface area contributed by atoms with Gasteiger partial charge in [0.25, 0.3) is 0 Å². The van der Waals surface area contributed by atoms with Gasteiger partial charge in [-0.1, -0.05) is 43.0 Å². The second-order valence-electron chi connectivity index (χ2n) is 6.45. The van der Waals surface area contributed by atoms with Gasteiger partial charge in [0.1, 0.15) is 12.4 Å². The van der Waals surface area contributed by atoms with Gasteiger partial charge in [-0.05, 0) is 37.7 Å². The van der Waals surface area contributed by atoms with Crippen molar-refractivity contribution in [1.29, 1.82) is 0 Å². The number of benzene rings is 2.